The zero-order valence-electron chi connectivity index (χ0n) is 20.4. The van der Waals surface area contributed by atoms with Crippen LogP contribution in [0.1, 0.15) is 33.4 Å². The molecule has 0 fully saturated rings. The smallest absolute Gasteiger partial charge is 0.172 e. The van der Waals surface area contributed by atoms with Crippen LogP contribution >= 0.6 is 0 Å². The van der Waals surface area contributed by atoms with Crippen LogP contribution in [0.4, 0.5) is 0 Å². The molecule has 6 rings (SSSR count). The summed E-state index contributed by atoms with van der Waals surface area (Å²) in [6, 6.07) is 45.7. The fourth-order valence-electron chi connectivity index (χ4n) is 3.96. The molecule has 1 aliphatic carbocycles. The summed E-state index contributed by atoms with van der Waals surface area (Å²) in [5, 5.41) is 0. The Bertz CT molecular complexity index is 1330. The van der Waals surface area contributed by atoms with Crippen molar-refractivity contribution in [2.75, 3.05) is 0 Å². The summed E-state index contributed by atoms with van der Waals surface area (Å²) in [6.07, 6.45) is 1.05. The second-order valence-corrected chi connectivity index (χ2v) is 11.8. The van der Waals surface area contributed by atoms with E-state index in [0.29, 0.717) is 0 Å². The average Bonchev–Trinajstić information content (AvgIpc) is 3.59. The molecular weight excluding hydrogens is 587 g/mol. The molecule has 5 aromatic carbocycles. The molecule has 0 bridgehead atoms. The molecule has 0 radical (unpaired) electrons. The van der Waals surface area contributed by atoms with Gasteiger partial charge >= 0.3 is 101 Å². The van der Waals surface area contributed by atoms with Gasteiger partial charge < -0.3 is 0 Å². The summed E-state index contributed by atoms with van der Waals surface area (Å²) < 4.78 is 4.85. The van der Waals surface area contributed by atoms with Crippen LogP contribution in [0.25, 0.3) is 11.1 Å². The first-order chi connectivity index (χ1) is 17.2. The molecule has 0 amide bonds. The topological polar surface area (TPSA) is 0 Å². The number of aryl methyl sites for hydroxylation is 2. The Hall–Kier alpha value is -3.16. The van der Waals surface area contributed by atoms with Gasteiger partial charge in [0, 0.05) is 0 Å². The molecule has 172 valence electrons. The summed E-state index contributed by atoms with van der Waals surface area (Å²) in [5.74, 6) is 0. The summed E-state index contributed by atoms with van der Waals surface area (Å²) in [6.45, 7) is 4.30. The van der Waals surface area contributed by atoms with Crippen LogP contribution < -0.4 is 0 Å². The van der Waals surface area contributed by atoms with Crippen molar-refractivity contribution in [3.8, 4) is 11.1 Å². The Labute approximate surface area is 220 Å². The summed E-state index contributed by atoms with van der Waals surface area (Å²) in [4.78, 5) is 0. The molecule has 0 atom stereocenters. The molecule has 0 saturated carbocycles. The van der Waals surface area contributed by atoms with Gasteiger partial charge in [-0.15, -0.1) is 11.1 Å². The van der Waals surface area contributed by atoms with Gasteiger partial charge in [-0.2, -0.15) is 41.5 Å². The van der Waals surface area contributed by atoms with Gasteiger partial charge in [-0.1, -0.05) is 49.2 Å². The summed E-state index contributed by atoms with van der Waals surface area (Å²) >= 11 is -0.721. The third kappa shape index (κ3) is 7.41. The second-order valence-electron chi connectivity index (χ2n) is 8.54. The first-order valence-electron chi connectivity index (χ1n) is 12.0. The van der Waals surface area contributed by atoms with Crippen molar-refractivity contribution in [2.45, 2.75) is 20.3 Å². The number of rotatable bonds is 2. The largest absolute Gasteiger partial charge is 0.214 e. The number of hydrogen-bond donors (Lipinski definition) is 0. The van der Waals surface area contributed by atoms with E-state index in [0.717, 1.165) is 6.42 Å². The van der Waals surface area contributed by atoms with Crippen molar-refractivity contribution in [1.82, 2.24) is 0 Å². The van der Waals surface area contributed by atoms with Crippen LogP contribution in [-0.4, -0.2) is 7.52 Å². The molecule has 0 spiro atoms. The second kappa shape index (κ2) is 13.1. The minimum absolute atomic E-state index is 0.721. The number of benzene rings is 4. The van der Waals surface area contributed by atoms with Gasteiger partial charge in [-0.3, -0.25) is 0 Å². The molecule has 0 saturated heterocycles. The van der Waals surface area contributed by atoms with E-state index in [1.54, 1.807) is 0 Å². The zero-order chi connectivity index (χ0) is 24.3. The van der Waals surface area contributed by atoms with Gasteiger partial charge in [0.05, 0.1) is 0 Å². The maximum Gasteiger partial charge on any atom is -0.172 e. The van der Waals surface area contributed by atoms with Crippen LogP contribution in [0, 0.1) is 19.9 Å². The van der Waals surface area contributed by atoms with Gasteiger partial charge in [0.1, 0.15) is 0 Å². The molecule has 0 aromatic heterocycles. The molecule has 0 aliphatic heterocycles. The standard InChI is InChI=1S/C15H13.2C7H6.C5H5.Hf/c1-10-7-13-9-12-5-3-4-6-14(12)15(13)8-11(10)2;2*1-7-5-3-2-4-6-7;1-2-4-5-3-1;/h3-6,8H,9H2,1-2H3;2*1-6H;1-5H;/q-1;;;-1;. The number of fused-ring (bicyclic) bond motifs is 3. The van der Waals surface area contributed by atoms with Gasteiger partial charge in [-0.05, 0) is 6.42 Å². The molecule has 0 unspecified atom stereocenters. The van der Waals surface area contributed by atoms with Crippen molar-refractivity contribution in [3.05, 3.63) is 161 Å². The van der Waals surface area contributed by atoms with Gasteiger partial charge in [-0.25, -0.2) is 12.1 Å². The van der Waals surface area contributed by atoms with Crippen LogP contribution in [-0.2, 0) is 28.4 Å². The van der Waals surface area contributed by atoms with Crippen molar-refractivity contribution in [2.24, 2.45) is 0 Å². The Morgan fingerprint density at radius 3 is 1.83 bits per heavy atom. The van der Waals surface area contributed by atoms with E-state index in [1.807, 2.05) is 30.3 Å². The molecule has 0 heterocycles. The maximum atomic E-state index is 3.50. The quantitative estimate of drug-likeness (QED) is 0.137. The molecule has 5 aromatic rings. The van der Waals surface area contributed by atoms with E-state index in [9.17, 15) is 0 Å². The van der Waals surface area contributed by atoms with Crippen LogP contribution in [0.5, 0.6) is 0 Å². The molecule has 0 nitrogen and oxygen atoms in total. The zero-order valence-corrected chi connectivity index (χ0v) is 24.0. The summed E-state index contributed by atoms with van der Waals surface area (Å²) in [7, 11) is 0. The molecule has 0 N–H and O–H groups in total. The van der Waals surface area contributed by atoms with E-state index in [-0.39, 0.29) is 0 Å². The Balaban J connectivity index is 0.000000138. The minimum Gasteiger partial charge on any atom is -0.214 e. The molecular formula is C34H30Hf-2. The fourth-order valence-corrected chi connectivity index (χ4v) is 7.03. The maximum absolute atomic E-state index is 3.50. The fraction of sp³-hybridized carbons (Fsp3) is 0.0882. The first-order valence-corrected chi connectivity index (χ1v) is 16.2. The van der Waals surface area contributed by atoms with Crippen molar-refractivity contribution in [3.63, 3.8) is 0 Å². The molecule has 1 aliphatic rings. The van der Waals surface area contributed by atoms with Gasteiger partial charge in [0.15, 0.2) is 0 Å². The van der Waals surface area contributed by atoms with Gasteiger partial charge in [0.25, 0.3) is 0 Å². The van der Waals surface area contributed by atoms with E-state index >= 15 is 0 Å². The SMILES string of the molecule is Cc1[c-]c2c(cc1C)-c1ccccc1C2.[CH](=[Hf]=[CH]c1ccccc1)c1ccccc1.c1cc[cH-]c1. The third-order valence-electron chi connectivity index (χ3n) is 5.95. The Kier molecular flexibility index (Phi) is 9.32. The van der Waals surface area contributed by atoms with Crippen molar-refractivity contribution in [1.29, 1.82) is 0 Å². The van der Waals surface area contributed by atoms with E-state index < -0.39 is 21.9 Å². The van der Waals surface area contributed by atoms with Crippen LogP contribution in [0.3, 0.4) is 0 Å². The average molecular weight is 617 g/mol. The van der Waals surface area contributed by atoms with Crippen LogP contribution in [0.2, 0.25) is 0 Å². The Morgan fingerprint density at radius 2 is 1.26 bits per heavy atom. The normalized spacial score (nSPS) is 10.3. The van der Waals surface area contributed by atoms with Gasteiger partial charge in [0.2, 0.25) is 0 Å². The predicted molar refractivity (Wildman–Crippen MR) is 148 cm³/mol. The van der Waals surface area contributed by atoms with E-state index in [2.05, 4.69) is 118 Å². The predicted octanol–water partition coefficient (Wildman–Crippen LogP) is 7.85. The van der Waals surface area contributed by atoms with E-state index in [4.69, 9.17) is 0 Å². The van der Waals surface area contributed by atoms with E-state index in [1.165, 1.54) is 44.5 Å². The third-order valence-corrected chi connectivity index (χ3v) is 9.54. The monoisotopic (exact) mass is 618 g/mol. The Morgan fingerprint density at radius 1 is 0.686 bits per heavy atom. The van der Waals surface area contributed by atoms with Crippen LogP contribution in [0.15, 0.2) is 121 Å². The molecule has 1 heteroatoms. The van der Waals surface area contributed by atoms with Crippen molar-refractivity contribution >= 4 is 7.52 Å². The summed E-state index contributed by atoms with van der Waals surface area (Å²) in [5.41, 5.74) is 10.9. The first kappa shape index (κ1) is 24.9. The number of hydrogen-bond acceptors (Lipinski definition) is 0. The molecule has 35 heavy (non-hydrogen) atoms. The minimum atomic E-state index is -0.721. The van der Waals surface area contributed by atoms with Crippen molar-refractivity contribution < 1.29 is 21.9 Å².